The third-order valence-electron chi connectivity index (χ3n) is 3.96. The average Bonchev–Trinajstić information content (AvgIpc) is 3.14. The standard InChI is InChI=1S/C21H24FN5OS.HI/c1-3-24-21(25-10-8-17-14-29-15(2)27-17)26-12-16-6-7-20(19(22)11-16)28-18-5-4-9-23-13-18;/h4-7,9,11,13-14H,3,8,10,12H2,1-2H3,(H2,24,25,26);1H. The number of nitrogens with zero attached hydrogens (tertiary/aromatic N) is 3. The third-order valence-corrected chi connectivity index (χ3v) is 4.78. The lowest BCUT2D eigenvalue weighted by molar-refractivity contribution is 0.440. The lowest BCUT2D eigenvalue weighted by Crippen LogP contribution is -2.38. The van der Waals surface area contributed by atoms with Crippen molar-refractivity contribution < 1.29 is 9.13 Å². The van der Waals surface area contributed by atoms with Crippen molar-refractivity contribution in [3.05, 3.63) is 70.2 Å². The van der Waals surface area contributed by atoms with E-state index in [4.69, 9.17) is 4.74 Å². The molecule has 0 atom stereocenters. The number of nitrogens with one attached hydrogen (secondary N) is 2. The van der Waals surface area contributed by atoms with E-state index in [1.807, 2.05) is 13.8 Å². The maximum Gasteiger partial charge on any atom is 0.191 e. The molecule has 0 fully saturated rings. The summed E-state index contributed by atoms with van der Waals surface area (Å²) in [5.41, 5.74) is 1.83. The fraction of sp³-hybridized carbons (Fsp3) is 0.286. The maximum atomic E-state index is 14.4. The number of ether oxygens (including phenoxy) is 1. The zero-order valence-corrected chi connectivity index (χ0v) is 20.0. The first-order chi connectivity index (χ1) is 14.1. The quantitative estimate of drug-likeness (QED) is 0.246. The SMILES string of the molecule is CCNC(=NCc1ccc(Oc2cccnc2)c(F)c1)NCCc1csc(C)n1.I. The number of aliphatic imine (C=N–C) groups is 1. The van der Waals surface area contributed by atoms with Gasteiger partial charge in [0.05, 0.1) is 23.4 Å². The van der Waals surface area contributed by atoms with Crippen molar-refractivity contribution >= 4 is 41.3 Å². The number of aromatic nitrogens is 2. The highest BCUT2D eigenvalue weighted by Crippen LogP contribution is 2.24. The molecule has 1 aromatic carbocycles. The lowest BCUT2D eigenvalue weighted by Gasteiger charge is -2.11. The third kappa shape index (κ3) is 7.52. The molecule has 0 unspecified atom stereocenters. The van der Waals surface area contributed by atoms with E-state index < -0.39 is 5.82 Å². The number of hydrogen-bond donors (Lipinski definition) is 2. The number of halogens is 2. The number of rotatable bonds is 8. The van der Waals surface area contributed by atoms with Gasteiger partial charge in [-0.3, -0.25) is 4.98 Å². The molecule has 0 spiro atoms. The van der Waals surface area contributed by atoms with E-state index in [1.54, 1.807) is 48.0 Å². The van der Waals surface area contributed by atoms with Gasteiger partial charge in [0.15, 0.2) is 17.5 Å². The molecule has 2 aromatic heterocycles. The Morgan fingerprint density at radius 2 is 2.13 bits per heavy atom. The van der Waals surface area contributed by atoms with Crippen molar-refractivity contribution in [2.45, 2.75) is 26.8 Å². The molecule has 0 amide bonds. The molecule has 0 aliphatic heterocycles. The minimum absolute atomic E-state index is 0. The van der Waals surface area contributed by atoms with Crippen LogP contribution >= 0.6 is 35.3 Å². The van der Waals surface area contributed by atoms with Crippen molar-refractivity contribution in [1.82, 2.24) is 20.6 Å². The number of pyridine rings is 1. The minimum atomic E-state index is -0.432. The van der Waals surface area contributed by atoms with Crippen LogP contribution in [0.25, 0.3) is 0 Å². The molecular weight excluding hydrogens is 516 g/mol. The topological polar surface area (TPSA) is 71.4 Å². The van der Waals surface area contributed by atoms with Crippen LogP contribution in [-0.4, -0.2) is 29.0 Å². The molecule has 30 heavy (non-hydrogen) atoms. The predicted octanol–water partition coefficient (Wildman–Crippen LogP) is 4.69. The molecule has 0 saturated carbocycles. The monoisotopic (exact) mass is 541 g/mol. The summed E-state index contributed by atoms with van der Waals surface area (Å²) in [7, 11) is 0. The van der Waals surface area contributed by atoms with Gasteiger partial charge < -0.3 is 15.4 Å². The maximum absolute atomic E-state index is 14.4. The Balaban J connectivity index is 0.00000320. The fourth-order valence-electron chi connectivity index (χ4n) is 2.60. The number of thiazole rings is 1. The van der Waals surface area contributed by atoms with E-state index in [2.05, 4.69) is 31.0 Å². The summed E-state index contributed by atoms with van der Waals surface area (Å²) < 4.78 is 19.9. The molecule has 3 aromatic rings. The van der Waals surface area contributed by atoms with Crippen LogP contribution in [0.3, 0.4) is 0 Å². The van der Waals surface area contributed by atoms with Gasteiger partial charge in [-0.15, -0.1) is 35.3 Å². The van der Waals surface area contributed by atoms with E-state index in [-0.39, 0.29) is 29.7 Å². The Hall–Kier alpha value is -2.27. The molecule has 0 aliphatic rings. The van der Waals surface area contributed by atoms with Gasteiger partial charge in [-0.05, 0) is 43.7 Å². The molecular formula is C21H25FIN5OS. The largest absolute Gasteiger partial charge is 0.453 e. The van der Waals surface area contributed by atoms with Crippen molar-refractivity contribution in [2.75, 3.05) is 13.1 Å². The van der Waals surface area contributed by atoms with Crippen LogP contribution in [0.5, 0.6) is 11.5 Å². The van der Waals surface area contributed by atoms with E-state index in [0.29, 0.717) is 18.3 Å². The van der Waals surface area contributed by atoms with Crippen LogP contribution in [0.15, 0.2) is 53.1 Å². The highest BCUT2D eigenvalue weighted by molar-refractivity contribution is 14.0. The number of hydrogen-bond acceptors (Lipinski definition) is 5. The van der Waals surface area contributed by atoms with Crippen LogP contribution in [0.2, 0.25) is 0 Å². The Bertz CT molecular complexity index is 952. The normalized spacial score (nSPS) is 11.0. The molecule has 3 rings (SSSR count). The molecule has 0 aliphatic carbocycles. The van der Waals surface area contributed by atoms with Gasteiger partial charge in [0.1, 0.15) is 5.75 Å². The molecule has 0 saturated heterocycles. The first kappa shape index (κ1) is 24.0. The summed E-state index contributed by atoms with van der Waals surface area (Å²) in [6.07, 6.45) is 4.00. The summed E-state index contributed by atoms with van der Waals surface area (Å²) in [4.78, 5) is 12.9. The Kier molecular flexibility index (Phi) is 9.95. The number of benzene rings is 1. The Morgan fingerprint density at radius 1 is 1.27 bits per heavy atom. The summed E-state index contributed by atoms with van der Waals surface area (Å²) in [6, 6.07) is 8.32. The Morgan fingerprint density at radius 3 is 2.80 bits per heavy atom. The van der Waals surface area contributed by atoms with E-state index >= 15 is 0 Å². The second-order valence-electron chi connectivity index (χ2n) is 6.29. The summed E-state index contributed by atoms with van der Waals surface area (Å²) in [5, 5.41) is 9.62. The highest BCUT2D eigenvalue weighted by atomic mass is 127. The van der Waals surface area contributed by atoms with Crippen LogP contribution in [-0.2, 0) is 13.0 Å². The fourth-order valence-corrected chi connectivity index (χ4v) is 3.25. The van der Waals surface area contributed by atoms with Crippen LogP contribution < -0.4 is 15.4 Å². The van der Waals surface area contributed by atoms with Gasteiger partial charge in [-0.2, -0.15) is 0 Å². The second-order valence-corrected chi connectivity index (χ2v) is 7.35. The van der Waals surface area contributed by atoms with E-state index in [9.17, 15) is 4.39 Å². The molecule has 6 nitrogen and oxygen atoms in total. The van der Waals surface area contributed by atoms with E-state index in [1.165, 1.54) is 6.07 Å². The average molecular weight is 541 g/mol. The van der Waals surface area contributed by atoms with E-state index in [0.717, 1.165) is 35.8 Å². The van der Waals surface area contributed by atoms with Crippen molar-refractivity contribution in [3.8, 4) is 11.5 Å². The van der Waals surface area contributed by atoms with Crippen molar-refractivity contribution in [1.29, 1.82) is 0 Å². The van der Waals surface area contributed by atoms with Crippen LogP contribution in [0.4, 0.5) is 4.39 Å². The number of guanidine groups is 1. The molecule has 2 N–H and O–H groups in total. The number of aryl methyl sites for hydroxylation is 1. The van der Waals surface area contributed by atoms with Gasteiger partial charge >= 0.3 is 0 Å². The van der Waals surface area contributed by atoms with Crippen LogP contribution in [0, 0.1) is 12.7 Å². The first-order valence-corrected chi connectivity index (χ1v) is 10.3. The van der Waals surface area contributed by atoms with Crippen molar-refractivity contribution in [2.24, 2.45) is 4.99 Å². The van der Waals surface area contributed by atoms with Crippen molar-refractivity contribution in [3.63, 3.8) is 0 Å². The van der Waals surface area contributed by atoms with Gasteiger partial charge in [-0.25, -0.2) is 14.4 Å². The molecule has 9 heteroatoms. The van der Waals surface area contributed by atoms with Gasteiger partial charge in [-0.1, -0.05) is 6.07 Å². The zero-order chi connectivity index (χ0) is 20.5. The lowest BCUT2D eigenvalue weighted by atomic mass is 10.2. The molecule has 0 radical (unpaired) electrons. The summed E-state index contributed by atoms with van der Waals surface area (Å²) in [5.74, 6) is 0.911. The smallest absolute Gasteiger partial charge is 0.191 e. The zero-order valence-electron chi connectivity index (χ0n) is 16.9. The second kappa shape index (κ2) is 12.4. The molecule has 2 heterocycles. The van der Waals surface area contributed by atoms with Crippen LogP contribution in [0.1, 0.15) is 23.2 Å². The summed E-state index contributed by atoms with van der Waals surface area (Å²) in [6.45, 7) is 5.83. The highest BCUT2D eigenvalue weighted by Gasteiger charge is 2.07. The summed E-state index contributed by atoms with van der Waals surface area (Å²) >= 11 is 1.65. The van der Waals surface area contributed by atoms with Gasteiger partial charge in [0.2, 0.25) is 0 Å². The van der Waals surface area contributed by atoms with Gasteiger partial charge in [0, 0.05) is 31.1 Å². The first-order valence-electron chi connectivity index (χ1n) is 9.43. The Labute approximate surface area is 197 Å². The molecule has 0 bridgehead atoms. The molecule has 160 valence electrons. The minimum Gasteiger partial charge on any atom is -0.453 e. The predicted molar refractivity (Wildman–Crippen MR) is 129 cm³/mol. The van der Waals surface area contributed by atoms with Gasteiger partial charge in [0.25, 0.3) is 0 Å².